The van der Waals surface area contributed by atoms with Crippen molar-refractivity contribution in [3.63, 3.8) is 0 Å². The van der Waals surface area contributed by atoms with Gasteiger partial charge in [-0.1, -0.05) is 22.0 Å². The summed E-state index contributed by atoms with van der Waals surface area (Å²) in [6, 6.07) is 4.18. The van der Waals surface area contributed by atoms with Crippen molar-refractivity contribution in [2.45, 2.75) is 18.3 Å². The average molecular weight is 256 g/mol. The molecule has 3 heteroatoms. The second-order valence-corrected chi connectivity index (χ2v) is 4.33. The van der Waals surface area contributed by atoms with Gasteiger partial charge in [0.05, 0.1) is 0 Å². The Morgan fingerprint density at radius 3 is 2.79 bits per heavy atom. The molecule has 0 unspecified atom stereocenters. The van der Waals surface area contributed by atoms with Crippen LogP contribution in [0.15, 0.2) is 24.5 Å². The van der Waals surface area contributed by atoms with Gasteiger partial charge in [0.15, 0.2) is 0 Å². The van der Waals surface area contributed by atoms with Crippen LogP contribution in [0, 0.1) is 0 Å². The van der Waals surface area contributed by atoms with Crippen LogP contribution in [0.25, 0.3) is 0 Å². The highest BCUT2D eigenvalue weighted by molar-refractivity contribution is 9.09. The molecule has 14 heavy (non-hydrogen) atoms. The molecule has 0 aromatic carbocycles. The van der Waals surface area contributed by atoms with Crippen molar-refractivity contribution < 1.29 is 4.74 Å². The number of pyridine rings is 1. The molecule has 2 nitrogen and oxygen atoms in total. The number of hydrogen-bond acceptors (Lipinski definition) is 2. The van der Waals surface area contributed by atoms with Crippen LogP contribution in [-0.2, 0) is 10.2 Å². The first-order valence-corrected chi connectivity index (χ1v) is 6.04. The molecular formula is C11H14BrNO. The lowest BCUT2D eigenvalue weighted by atomic mass is 9.77. The van der Waals surface area contributed by atoms with Crippen LogP contribution in [0.1, 0.15) is 18.4 Å². The summed E-state index contributed by atoms with van der Waals surface area (Å²) in [5, 5.41) is 0.995. The summed E-state index contributed by atoms with van der Waals surface area (Å²) in [7, 11) is 0. The van der Waals surface area contributed by atoms with Crippen LogP contribution < -0.4 is 0 Å². The Hall–Kier alpha value is -0.410. The molecule has 76 valence electrons. The molecule has 0 radical (unpaired) electrons. The first-order valence-electron chi connectivity index (χ1n) is 4.92. The summed E-state index contributed by atoms with van der Waals surface area (Å²) >= 11 is 3.62. The summed E-state index contributed by atoms with van der Waals surface area (Å²) < 4.78 is 5.41. The third kappa shape index (κ3) is 1.84. The van der Waals surface area contributed by atoms with Gasteiger partial charge in [-0.05, 0) is 24.5 Å². The van der Waals surface area contributed by atoms with Gasteiger partial charge >= 0.3 is 0 Å². The van der Waals surface area contributed by atoms with Crippen LogP contribution in [0.3, 0.4) is 0 Å². The summed E-state index contributed by atoms with van der Waals surface area (Å²) in [5.41, 5.74) is 1.58. The van der Waals surface area contributed by atoms with E-state index in [-0.39, 0.29) is 5.41 Å². The van der Waals surface area contributed by atoms with Gasteiger partial charge in [-0.15, -0.1) is 0 Å². The number of alkyl halides is 1. The third-order valence-corrected chi connectivity index (χ3v) is 4.05. The Morgan fingerprint density at radius 2 is 2.21 bits per heavy atom. The molecule has 1 aliphatic heterocycles. The second kappa shape index (κ2) is 4.41. The first kappa shape index (κ1) is 10.1. The minimum Gasteiger partial charge on any atom is -0.381 e. The van der Waals surface area contributed by atoms with Gasteiger partial charge < -0.3 is 4.74 Å². The summed E-state index contributed by atoms with van der Waals surface area (Å²) in [5.74, 6) is 0. The maximum absolute atomic E-state index is 5.41. The van der Waals surface area contributed by atoms with Gasteiger partial charge in [-0.2, -0.15) is 0 Å². The number of aromatic nitrogens is 1. The summed E-state index contributed by atoms with van der Waals surface area (Å²) in [6.07, 6.45) is 5.98. The van der Waals surface area contributed by atoms with Crippen molar-refractivity contribution in [1.29, 1.82) is 0 Å². The van der Waals surface area contributed by atoms with E-state index in [0.717, 1.165) is 31.4 Å². The molecule has 1 aliphatic rings. The summed E-state index contributed by atoms with van der Waals surface area (Å²) in [6.45, 7) is 1.72. The van der Waals surface area contributed by atoms with Gasteiger partial charge in [0.1, 0.15) is 0 Å². The van der Waals surface area contributed by atoms with Crippen molar-refractivity contribution in [1.82, 2.24) is 4.98 Å². The molecule has 1 saturated heterocycles. The highest BCUT2D eigenvalue weighted by Gasteiger charge is 2.33. The predicted octanol–water partition coefficient (Wildman–Crippen LogP) is 2.52. The van der Waals surface area contributed by atoms with Crippen molar-refractivity contribution >= 4 is 15.9 Å². The lowest BCUT2D eigenvalue weighted by Crippen LogP contribution is -2.35. The van der Waals surface area contributed by atoms with Crippen molar-refractivity contribution in [3.8, 4) is 0 Å². The van der Waals surface area contributed by atoms with E-state index in [1.807, 2.05) is 18.5 Å². The molecule has 0 saturated carbocycles. The molecule has 2 rings (SSSR count). The van der Waals surface area contributed by atoms with Crippen LogP contribution in [0.5, 0.6) is 0 Å². The zero-order chi connectivity index (χ0) is 9.86. The number of halogens is 1. The van der Waals surface area contributed by atoms with Crippen LogP contribution in [0.2, 0.25) is 0 Å². The van der Waals surface area contributed by atoms with E-state index in [1.54, 1.807) is 0 Å². The third-order valence-electron chi connectivity index (χ3n) is 2.98. The molecule has 0 amide bonds. The van der Waals surface area contributed by atoms with E-state index in [9.17, 15) is 0 Å². The average Bonchev–Trinajstić information content (AvgIpc) is 2.31. The van der Waals surface area contributed by atoms with Crippen LogP contribution in [-0.4, -0.2) is 23.5 Å². The molecule has 2 heterocycles. The topological polar surface area (TPSA) is 22.1 Å². The van der Waals surface area contributed by atoms with E-state index in [2.05, 4.69) is 27.0 Å². The zero-order valence-electron chi connectivity index (χ0n) is 8.08. The van der Waals surface area contributed by atoms with Crippen LogP contribution >= 0.6 is 15.9 Å². The van der Waals surface area contributed by atoms with Gasteiger partial charge in [0, 0.05) is 36.4 Å². The van der Waals surface area contributed by atoms with Gasteiger partial charge in [0.2, 0.25) is 0 Å². The highest BCUT2D eigenvalue weighted by atomic mass is 79.9. The Morgan fingerprint density at radius 1 is 1.43 bits per heavy atom. The monoisotopic (exact) mass is 255 g/mol. The predicted molar refractivity (Wildman–Crippen MR) is 59.8 cm³/mol. The zero-order valence-corrected chi connectivity index (χ0v) is 9.66. The van der Waals surface area contributed by atoms with E-state index < -0.39 is 0 Å². The molecular weight excluding hydrogens is 242 g/mol. The molecule has 0 aliphatic carbocycles. The fourth-order valence-electron chi connectivity index (χ4n) is 1.94. The Bertz CT molecular complexity index is 283. The smallest absolute Gasteiger partial charge is 0.0474 e. The van der Waals surface area contributed by atoms with E-state index in [4.69, 9.17) is 4.74 Å². The first-order chi connectivity index (χ1) is 6.87. The SMILES string of the molecule is BrCC1(c2cccnc2)CCOCC1. The van der Waals surface area contributed by atoms with Gasteiger partial charge in [0.25, 0.3) is 0 Å². The van der Waals surface area contributed by atoms with E-state index in [1.165, 1.54) is 5.56 Å². The molecule has 1 aromatic rings. The quantitative estimate of drug-likeness (QED) is 0.758. The van der Waals surface area contributed by atoms with Gasteiger partial charge in [-0.3, -0.25) is 4.98 Å². The van der Waals surface area contributed by atoms with Crippen molar-refractivity contribution in [3.05, 3.63) is 30.1 Å². The highest BCUT2D eigenvalue weighted by Crippen LogP contribution is 2.35. The minimum atomic E-state index is 0.243. The fraction of sp³-hybridized carbons (Fsp3) is 0.545. The fourth-order valence-corrected chi connectivity index (χ4v) is 2.82. The maximum Gasteiger partial charge on any atom is 0.0474 e. The second-order valence-electron chi connectivity index (χ2n) is 3.77. The van der Waals surface area contributed by atoms with Crippen molar-refractivity contribution in [2.75, 3.05) is 18.5 Å². The lowest BCUT2D eigenvalue weighted by molar-refractivity contribution is 0.0583. The summed E-state index contributed by atoms with van der Waals surface area (Å²) in [4.78, 5) is 4.19. The van der Waals surface area contributed by atoms with Crippen LogP contribution in [0.4, 0.5) is 0 Å². The molecule has 0 spiro atoms. The lowest BCUT2D eigenvalue weighted by Gasteiger charge is -2.35. The van der Waals surface area contributed by atoms with E-state index >= 15 is 0 Å². The number of hydrogen-bond donors (Lipinski definition) is 0. The largest absolute Gasteiger partial charge is 0.381 e. The maximum atomic E-state index is 5.41. The molecule has 1 aromatic heterocycles. The number of nitrogens with zero attached hydrogens (tertiary/aromatic N) is 1. The molecule has 0 atom stereocenters. The molecule has 0 bridgehead atoms. The number of ether oxygens (including phenoxy) is 1. The number of rotatable bonds is 2. The van der Waals surface area contributed by atoms with Gasteiger partial charge in [-0.25, -0.2) is 0 Å². The van der Waals surface area contributed by atoms with E-state index in [0.29, 0.717) is 0 Å². The standard InChI is InChI=1S/C11H14BrNO/c12-9-11(3-6-14-7-4-11)10-2-1-5-13-8-10/h1-2,5,8H,3-4,6-7,9H2. The van der Waals surface area contributed by atoms with Crippen molar-refractivity contribution in [2.24, 2.45) is 0 Å². The Kier molecular flexibility index (Phi) is 3.19. The Labute approximate surface area is 92.8 Å². The minimum absolute atomic E-state index is 0.243. The Balaban J connectivity index is 2.27. The molecule has 0 N–H and O–H groups in total. The molecule has 1 fully saturated rings. The normalized spacial score (nSPS) is 20.6.